The molecule has 3 aromatic carbocycles. The largest absolute Gasteiger partial charge is 0.495 e. The van der Waals surface area contributed by atoms with Crippen molar-refractivity contribution >= 4 is 39.1 Å². The Morgan fingerprint density at radius 1 is 0.909 bits per heavy atom. The minimum atomic E-state index is 0.0271. The summed E-state index contributed by atoms with van der Waals surface area (Å²) < 4.78 is 7.82. The van der Waals surface area contributed by atoms with E-state index in [2.05, 4.69) is 69.1 Å². The molecule has 1 amide bonds. The van der Waals surface area contributed by atoms with Crippen molar-refractivity contribution in [1.82, 2.24) is 9.47 Å². The molecule has 170 valence electrons. The number of nitrogens with zero attached hydrogens (tertiary/aromatic N) is 3. The van der Waals surface area contributed by atoms with Gasteiger partial charge in [-0.3, -0.25) is 9.69 Å². The third-order valence-corrected chi connectivity index (χ3v) is 6.54. The molecule has 1 aliphatic heterocycles. The van der Waals surface area contributed by atoms with Gasteiger partial charge in [0.15, 0.2) is 0 Å². The maximum absolute atomic E-state index is 12.8. The summed E-state index contributed by atoms with van der Waals surface area (Å²) in [7, 11) is 1.71. The summed E-state index contributed by atoms with van der Waals surface area (Å²) in [6.45, 7) is 6.90. The van der Waals surface area contributed by atoms with Crippen LogP contribution in [0, 0.1) is 0 Å². The Hall–Kier alpha value is -3.51. The monoisotopic (exact) mass is 442 g/mol. The van der Waals surface area contributed by atoms with E-state index in [0.717, 1.165) is 49.8 Å². The Morgan fingerprint density at radius 3 is 2.42 bits per heavy atom. The number of para-hydroxylation sites is 3. The van der Waals surface area contributed by atoms with Gasteiger partial charge in [-0.15, -0.1) is 0 Å². The number of amides is 1. The summed E-state index contributed by atoms with van der Waals surface area (Å²) in [5, 5.41) is 5.51. The summed E-state index contributed by atoms with van der Waals surface area (Å²) in [5.74, 6) is 0.919. The van der Waals surface area contributed by atoms with E-state index in [-0.39, 0.29) is 5.91 Å². The number of carbonyl (C=O) groups is 1. The average Bonchev–Trinajstić information content (AvgIpc) is 3.17. The lowest BCUT2D eigenvalue weighted by atomic mass is 10.1. The predicted molar refractivity (Wildman–Crippen MR) is 135 cm³/mol. The first-order valence-electron chi connectivity index (χ1n) is 11.6. The molecule has 6 nitrogen and oxygen atoms in total. The van der Waals surface area contributed by atoms with Crippen molar-refractivity contribution in [2.24, 2.45) is 0 Å². The minimum Gasteiger partial charge on any atom is -0.495 e. The van der Waals surface area contributed by atoms with Gasteiger partial charge in [0, 0.05) is 60.2 Å². The Labute approximate surface area is 194 Å². The number of carbonyl (C=O) groups excluding carboxylic acids is 1. The average molecular weight is 443 g/mol. The van der Waals surface area contributed by atoms with E-state index in [1.165, 1.54) is 21.8 Å². The fourth-order valence-electron chi connectivity index (χ4n) is 4.91. The molecule has 1 saturated heterocycles. The fourth-order valence-corrected chi connectivity index (χ4v) is 4.91. The highest BCUT2D eigenvalue weighted by molar-refractivity contribution is 6.09. The number of hydrogen-bond acceptors (Lipinski definition) is 4. The van der Waals surface area contributed by atoms with E-state index in [1.54, 1.807) is 7.11 Å². The predicted octanol–water partition coefficient (Wildman–Crippen LogP) is 4.58. The van der Waals surface area contributed by atoms with E-state index in [1.807, 2.05) is 24.3 Å². The van der Waals surface area contributed by atoms with Gasteiger partial charge in [0.05, 0.1) is 19.3 Å². The standard InChI is InChI=1S/C27H30N4O2/c1-3-31-23-9-5-4-8-21(23)22-18-20(12-13-24(22)31)28-27(32)19-29-14-16-30(17-15-29)25-10-6-7-11-26(25)33-2/h4-13,18H,3,14-17,19H2,1-2H3,(H,28,32). The van der Waals surface area contributed by atoms with Gasteiger partial charge in [0.25, 0.3) is 0 Å². The Bertz CT molecular complexity index is 1290. The molecule has 0 bridgehead atoms. The number of aromatic nitrogens is 1. The molecule has 33 heavy (non-hydrogen) atoms. The number of ether oxygens (including phenoxy) is 1. The first-order chi connectivity index (χ1) is 16.2. The lowest BCUT2D eigenvalue weighted by Gasteiger charge is -2.36. The quantitative estimate of drug-likeness (QED) is 0.475. The first kappa shape index (κ1) is 21.3. The summed E-state index contributed by atoms with van der Waals surface area (Å²) >= 11 is 0. The van der Waals surface area contributed by atoms with E-state index >= 15 is 0 Å². The van der Waals surface area contributed by atoms with Gasteiger partial charge >= 0.3 is 0 Å². The molecular formula is C27H30N4O2. The molecule has 0 aliphatic carbocycles. The Morgan fingerprint density at radius 2 is 1.64 bits per heavy atom. The van der Waals surface area contributed by atoms with Gasteiger partial charge < -0.3 is 19.5 Å². The first-order valence-corrected chi connectivity index (χ1v) is 11.6. The van der Waals surface area contributed by atoms with Crippen molar-refractivity contribution in [3.8, 4) is 5.75 Å². The van der Waals surface area contributed by atoms with Crippen LogP contribution in [-0.4, -0.2) is 55.2 Å². The van der Waals surface area contributed by atoms with Crippen molar-refractivity contribution in [2.75, 3.05) is 50.1 Å². The molecule has 0 saturated carbocycles. The van der Waals surface area contributed by atoms with E-state index < -0.39 is 0 Å². The second kappa shape index (κ2) is 9.16. The van der Waals surface area contributed by atoms with Gasteiger partial charge in [-0.1, -0.05) is 30.3 Å². The van der Waals surface area contributed by atoms with Crippen LogP contribution < -0.4 is 15.0 Å². The van der Waals surface area contributed by atoms with Crippen LogP contribution in [0.5, 0.6) is 5.75 Å². The normalized spacial score (nSPS) is 14.7. The molecule has 1 aliphatic rings. The van der Waals surface area contributed by atoms with E-state index in [9.17, 15) is 4.79 Å². The second-order valence-corrected chi connectivity index (χ2v) is 8.48. The highest BCUT2D eigenvalue weighted by atomic mass is 16.5. The lowest BCUT2D eigenvalue weighted by Crippen LogP contribution is -2.48. The van der Waals surface area contributed by atoms with Crippen LogP contribution >= 0.6 is 0 Å². The number of rotatable bonds is 6. The van der Waals surface area contributed by atoms with Gasteiger partial charge in [0.1, 0.15) is 5.75 Å². The van der Waals surface area contributed by atoms with Crippen molar-refractivity contribution in [2.45, 2.75) is 13.5 Å². The Balaban J connectivity index is 1.24. The maximum atomic E-state index is 12.8. The van der Waals surface area contributed by atoms with Gasteiger partial charge in [-0.05, 0) is 43.3 Å². The summed E-state index contributed by atoms with van der Waals surface area (Å²) in [5.41, 5.74) is 4.39. The molecular weight excluding hydrogens is 412 g/mol. The maximum Gasteiger partial charge on any atom is 0.238 e. The summed E-state index contributed by atoms with van der Waals surface area (Å²) in [6.07, 6.45) is 0. The molecule has 4 aromatic rings. The van der Waals surface area contributed by atoms with Crippen LogP contribution in [0.3, 0.4) is 0 Å². The van der Waals surface area contributed by atoms with Crippen molar-refractivity contribution in [3.63, 3.8) is 0 Å². The van der Waals surface area contributed by atoms with Crippen molar-refractivity contribution in [1.29, 1.82) is 0 Å². The number of anilines is 2. The minimum absolute atomic E-state index is 0.0271. The van der Waals surface area contributed by atoms with Crippen molar-refractivity contribution in [3.05, 3.63) is 66.7 Å². The Kier molecular flexibility index (Phi) is 5.92. The number of fused-ring (bicyclic) bond motifs is 3. The topological polar surface area (TPSA) is 49.7 Å². The second-order valence-electron chi connectivity index (χ2n) is 8.48. The summed E-state index contributed by atoms with van der Waals surface area (Å²) in [6, 6.07) is 22.8. The van der Waals surface area contributed by atoms with Crippen LogP contribution in [0.4, 0.5) is 11.4 Å². The van der Waals surface area contributed by atoms with Gasteiger partial charge in [-0.25, -0.2) is 0 Å². The highest BCUT2D eigenvalue weighted by Crippen LogP contribution is 2.31. The highest BCUT2D eigenvalue weighted by Gasteiger charge is 2.21. The molecule has 1 aromatic heterocycles. The lowest BCUT2D eigenvalue weighted by molar-refractivity contribution is -0.117. The zero-order valence-electron chi connectivity index (χ0n) is 19.3. The number of methoxy groups -OCH3 is 1. The van der Waals surface area contributed by atoms with E-state index in [4.69, 9.17) is 4.74 Å². The van der Waals surface area contributed by atoms with Gasteiger partial charge in [0.2, 0.25) is 5.91 Å². The third kappa shape index (κ3) is 4.14. The zero-order chi connectivity index (χ0) is 22.8. The molecule has 1 N–H and O–H groups in total. The van der Waals surface area contributed by atoms with Gasteiger partial charge in [-0.2, -0.15) is 0 Å². The van der Waals surface area contributed by atoms with Crippen LogP contribution in [0.25, 0.3) is 21.8 Å². The number of nitrogens with one attached hydrogen (secondary N) is 1. The molecule has 0 unspecified atom stereocenters. The molecule has 5 rings (SSSR count). The fraction of sp³-hybridized carbons (Fsp3) is 0.296. The number of piperazine rings is 1. The van der Waals surface area contributed by atoms with Crippen LogP contribution in [0.15, 0.2) is 66.7 Å². The third-order valence-electron chi connectivity index (χ3n) is 6.54. The number of benzene rings is 3. The van der Waals surface area contributed by atoms with E-state index in [0.29, 0.717) is 6.54 Å². The number of hydrogen-bond donors (Lipinski definition) is 1. The van der Waals surface area contributed by atoms with Crippen LogP contribution in [-0.2, 0) is 11.3 Å². The molecule has 0 radical (unpaired) electrons. The molecule has 6 heteroatoms. The number of aryl methyl sites for hydroxylation is 1. The summed E-state index contributed by atoms with van der Waals surface area (Å²) in [4.78, 5) is 17.3. The molecule has 1 fully saturated rings. The molecule has 0 spiro atoms. The molecule has 2 heterocycles. The SMILES string of the molecule is CCn1c2ccccc2c2cc(NC(=O)CN3CCN(c4ccccc4OC)CC3)ccc21. The zero-order valence-corrected chi connectivity index (χ0v) is 19.3. The van der Waals surface area contributed by atoms with Crippen LogP contribution in [0.1, 0.15) is 6.92 Å². The molecule has 0 atom stereocenters. The van der Waals surface area contributed by atoms with Crippen molar-refractivity contribution < 1.29 is 9.53 Å². The van der Waals surface area contributed by atoms with Crippen LogP contribution in [0.2, 0.25) is 0 Å². The smallest absolute Gasteiger partial charge is 0.238 e.